The van der Waals surface area contributed by atoms with Gasteiger partial charge in [0.15, 0.2) is 4.67 Å². The summed E-state index contributed by atoms with van der Waals surface area (Å²) < 4.78 is 5.99. The Morgan fingerprint density at radius 3 is 2.63 bits per heavy atom. The molecule has 0 aliphatic heterocycles. The third kappa shape index (κ3) is 3.37. The van der Waals surface area contributed by atoms with E-state index in [1.54, 1.807) is 18.0 Å². The zero-order valence-electron chi connectivity index (χ0n) is 10.6. The van der Waals surface area contributed by atoms with Crippen molar-refractivity contribution in [2.24, 2.45) is 11.8 Å². The van der Waals surface area contributed by atoms with Crippen LogP contribution < -0.4 is 0 Å². The van der Waals surface area contributed by atoms with E-state index in [-0.39, 0.29) is 17.7 Å². The van der Waals surface area contributed by atoms with Gasteiger partial charge in [0, 0.05) is 13.0 Å². The fraction of sp³-hybridized carbons (Fsp3) is 0.538. The molecule has 0 aromatic carbocycles. The lowest BCUT2D eigenvalue weighted by Crippen LogP contribution is -2.31. The van der Waals surface area contributed by atoms with Gasteiger partial charge in [0.05, 0.1) is 12.5 Å². The van der Waals surface area contributed by atoms with Crippen LogP contribution in [0.5, 0.6) is 0 Å². The second kappa shape index (κ2) is 5.77. The Balaban J connectivity index is 1.91. The molecule has 1 aromatic heterocycles. The molecule has 1 amide bonds. The first-order chi connectivity index (χ1) is 8.97. The van der Waals surface area contributed by atoms with Crippen molar-refractivity contribution in [1.82, 2.24) is 4.90 Å². The molecule has 2 atom stereocenters. The lowest BCUT2D eigenvalue weighted by atomic mass is 10.0. The number of amides is 1. The maximum atomic E-state index is 12.2. The van der Waals surface area contributed by atoms with Crippen molar-refractivity contribution in [2.45, 2.75) is 25.8 Å². The summed E-state index contributed by atoms with van der Waals surface area (Å²) in [5.74, 6) is -0.649. The number of nitrogens with zero attached hydrogens (tertiary/aromatic N) is 1. The lowest BCUT2D eigenvalue weighted by molar-refractivity contribution is -0.141. The molecule has 0 saturated heterocycles. The summed E-state index contributed by atoms with van der Waals surface area (Å²) in [6.45, 7) is 0.401. The molecule has 1 aliphatic rings. The van der Waals surface area contributed by atoms with E-state index in [9.17, 15) is 9.59 Å². The van der Waals surface area contributed by atoms with Crippen LogP contribution in [0.1, 0.15) is 25.0 Å². The molecule has 2 unspecified atom stereocenters. The highest BCUT2D eigenvalue weighted by Crippen LogP contribution is 2.32. The number of carboxylic acids is 1. The summed E-state index contributed by atoms with van der Waals surface area (Å²) in [5, 5.41) is 8.94. The maximum Gasteiger partial charge on any atom is 0.306 e. The summed E-state index contributed by atoms with van der Waals surface area (Å²) in [5.41, 5.74) is 0. The molecular weight excluding hydrogens is 314 g/mol. The van der Waals surface area contributed by atoms with Crippen LogP contribution in [0.2, 0.25) is 0 Å². The Kier molecular flexibility index (Phi) is 4.29. The van der Waals surface area contributed by atoms with Crippen molar-refractivity contribution in [1.29, 1.82) is 0 Å². The van der Waals surface area contributed by atoms with Crippen LogP contribution in [0, 0.1) is 11.8 Å². The summed E-state index contributed by atoms with van der Waals surface area (Å²) in [6.07, 6.45) is 1.69. The van der Waals surface area contributed by atoms with E-state index in [0.29, 0.717) is 36.2 Å². The molecule has 1 aromatic rings. The van der Waals surface area contributed by atoms with Gasteiger partial charge in [-0.05, 0) is 47.3 Å². The van der Waals surface area contributed by atoms with Gasteiger partial charge in [-0.25, -0.2) is 0 Å². The average Bonchev–Trinajstić information content (AvgIpc) is 2.97. The van der Waals surface area contributed by atoms with Gasteiger partial charge in [0.25, 0.3) is 0 Å². The van der Waals surface area contributed by atoms with Gasteiger partial charge in [0.2, 0.25) is 5.91 Å². The molecule has 2 rings (SSSR count). The van der Waals surface area contributed by atoms with Crippen molar-refractivity contribution >= 4 is 27.8 Å². The topological polar surface area (TPSA) is 70.8 Å². The van der Waals surface area contributed by atoms with E-state index < -0.39 is 5.97 Å². The number of carbonyl (C=O) groups excluding carboxylic acids is 1. The lowest BCUT2D eigenvalue weighted by Gasteiger charge is -2.19. The first-order valence-corrected chi connectivity index (χ1v) is 6.98. The van der Waals surface area contributed by atoms with Gasteiger partial charge in [-0.1, -0.05) is 0 Å². The van der Waals surface area contributed by atoms with Crippen LogP contribution in [0.25, 0.3) is 0 Å². The van der Waals surface area contributed by atoms with Gasteiger partial charge in [-0.3, -0.25) is 9.59 Å². The monoisotopic (exact) mass is 329 g/mol. The number of rotatable bonds is 4. The van der Waals surface area contributed by atoms with Crippen LogP contribution in [0.3, 0.4) is 0 Å². The fourth-order valence-corrected chi connectivity index (χ4v) is 2.83. The molecule has 0 radical (unpaired) electrons. The number of aliphatic carboxylic acids is 1. The molecule has 1 N–H and O–H groups in total. The van der Waals surface area contributed by atoms with Crippen LogP contribution in [0.15, 0.2) is 21.2 Å². The number of furan rings is 1. The second-order valence-corrected chi connectivity index (χ2v) is 5.73. The van der Waals surface area contributed by atoms with Crippen molar-refractivity contribution in [2.75, 3.05) is 7.05 Å². The molecule has 0 spiro atoms. The quantitative estimate of drug-likeness (QED) is 0.921. The Morgan fingerprint density at radius 1 is 1.42 bits per heavy atom. The third-order valence-electron chi connectivity index (χ3n) is 3.53. The predicted octanol–water partition coefficient (Wildman–Crippen LogP) is 2.50. The Bertz CT molecular complexity index is 485. The molecule has 6 heteroatoms. The first-order valence-electron chi connectivity index (χ1n) is 6.19. The third-order valence-corrected chi connectivity index (χ3v) is 3.96. The van der Waals surface area contributed by atoms with E-state index in [2.05, 4.69) is 15.9 Å². The summed E-state index contributed by atoms with van der Waals surface area (Å²) in [7, 11) is 1.72. The minimum Gasteiger partial charge on any atom is -0.481 e. The van der Waals surface area contributed by atoms with Crippen LogP contribution in [-0.2, 0) is 16.1 Å². The molecule has 104 valence electrons. The zero-order valence-corrected chi connectivity index (χ0v) is 12.2. The van der Waals surface area contributed by atoms with Gasteiger partial charge < -0.3 is 14.4 Å². The predicted molar refractivity (Wildman–Crippen MR) is 71.3 cm³/mol. The van der Waals surface area contributed by atoms with Crippen LogP contribution >= 0.6 is 15.9 Å². The minimum atomic E-state index is -0.798. The van der Waals surface area contributed by atoms with E-state index >= 15 is 0 Å². The van der Waals surface area contributed by atoms with E-state index in [1.165, 1.54) is 0 Å². The Hall–Kier alpha value is -1.30. The van der Waals surface area contributed by atoms with E-state index in [4.69, 9.17) is 9.52 Å². The molecule has 19 heavy (non-hydrogen) atoms. The van der Waals surface area contributed by atoms with Gasteiger partial charge >= 0.3 is 5.97 Å². The summed E-state index contributed by atoms with van der Waals surface area (Å²) in [6, 6.07) is 3.59. The molecule has 1 fully saturated rings. The van der Waals surface area contributed by atoms with Crippen molar-refractivity contribution < 1.29 is 19.1 Å². The average molecular weight is 330 g/mol. The minimum absolute atomic E-state index is 0.00345. The Labute approximate surface area is 119 Å². The molecule has 1 saturated carbocycles. The zero-order chi connectivity index (χ0) is 14.0. The Morgan fingerprint density at radius 2 is 2.11 bits per heavy atom. The largest absolute Gasteiger partial charge is 0.481 e. The van der Waals surface area contributed by atoms with E-state index in [1.807, 2.05) is 6.07 Å². The SMILES string of the molecule is CN(Cc1ccc(Br)o1)C(=O)C1CCC(C(=O)O)C1. The highest BCUT2D eigenvalue weighted by molar-refractivity contribution is 9.10. The van der Waals surface area contributed by atoms with Crippen molar-refractivity contribution in [3.63, 3.8) is 0 Å². The highest BCUT2D eigenvalue weighted by atomic mass is 79.9. The normalized spacial score (nSPS) is 22.4. The number of carboxylic acid groups (broad SMARTS) is 1. The maximum absolute atomic E-state index is 12.2. The fourth-order valence-electron chi connectivity index (χ4n) is 2.49. The van der Waals surface area contributed by atoms with Crippen molar-refractivity contribution in [3.8, 4) is 0 Å². The number of carbonyl (C=O) groups is 2. The smallest absolute Gasteiger partial charge is 0.306 e. The van der Waals surface area contributed by atoms with Gasteiger partial charge in [0.1, 0.15) is 5.76 Å². The molecule has 1 aliphatic carbocycles. The van der Waals surface area contributed by atoms with E-state index in [0.717, 1.165) is 0 Å². The number of hydrogen-bond acceptors (Lipinski definition) is 3. The van der Waals surface area contributed by atoms with Crippen LogP contribution in [0.4, 0.5) is 0 Å². The highest BCUT2D eigenvalue weighted by Gasteiger charge is 2.35. The summed E-state index contributed by atoms with van der Waals surface area (Å²) in [4.78, 5) is 24.7. The standard InChI is InChI=1S/C13H16BrNO4/c1-15(7-10-4-5-11(14)19-10)12(16)8-2-3-9(6-8)13(17)18/h4-5,8-9H,2-3,6-7H2,1H3,(H,17,18). The molecule has 1 heterocycles. The van der Waals surface area contributed by atoms with Gasteiger partial charge in [-0.15, -0.1) is 0 Å². The summed E-state index contributed by atoms with van der Waals surface area (Å²) >= 11 is 3.21. The molecule has 5 nitrogen and oxygen atoms in total. The number of hydrogen-bond donors (Lipinski definition) is 1. The molecular formula is C13H16BrNO4. The second-order valence-electron chi connectivity index (χ2n) is 4.95. The number of halogens is 1. The van der Waals surface area contributed by atoms with Crippen molar-refractivity contribution in [3.05, 3.63) is 22.6 Å². The first kappa shape index (κ1) is 14.1. The molecule has 0 bridgehead atoms. The van der Waals surface area contributed by atoms with Crippen LogP contribution in [-0.4, -0.2) is 28.9 Å². The van der Waals surface area contributed by atoms with Gasteiger partial charge in [-0.2, -0.15) is 0 Å².